The zero-order chi connectivity index (χ0) is 14.0. The van der Waals surface area contributed by atoms with E-state index >= 15 is 0 Å². The summed E-state index contributed by atoms with van der Waals surface area (Å²) in [5, 5.41) is 3.24. The van der Waals surface area contributed by atoms with Crippen LogP contribution in [-0.2, 0) is 12.8 Å². The van der Waals surface area contributed by atoms with Crippen LogP contribution < -0.4 is 5.32 Å². The lowest BCUT2D eigenvalue weighted by atomic mass is 9.72. The number of halogens is 2. The third kappa shape index (κ3) is 2.59. The van der Waals surface area contributed by atoms with E-state index in [1.807, 2.05) is 18.2 Å². The van der Waals surface area contributed by atoms with Crippen molar-refractivity contribution in [2.24, 2.45) is 5.41 Å². The Kier molecular flexibility index (Phi) is 3.53. The Morgan fingerprint density at radius 2 is 1.50 bits per heavy atom. The fourth-order valence-electron chi connectivity index (χ4n) is 2.90. The van der Waals surface area contributed by atoms with Crippen LogP contribution in [0, 0.1) is 17.0 Å². The minimum absolute atomic E-state index is 0.0790. The molecular weight excluding hydrogens is 256 g/mol. The lowest BCUT2D eigenvalue weighted by Crippen LogP contribution is -2.56. The van der Waals surface area contributed by atoms with Gasteiger partial charge in [0.2, 0.25) is 0 Å². The predicted molar refractivity (Wildman–Crippen MR) is 75.5 cm³/mol. The van der Waals surface area contributed by atoms with Gasteiger partial charge in [0.15, 0.2) is 0 Å². The van der Waals surface area contributed by atoms with E-state index in [-0.39, 0.29) is 11.0 Å². The van der Waals surface area contributed by atoms with Crippen LogP contribution in [0.2, 0.25) is 0 Å². The molecule has 1 saturated heterocycles. The van der Waals surface area contributed by atoms with Gasteiger partial charge in [-0.05, 0) is 30.5 Å². The highest BCUT2D eigenvalue weighted by Gasteiger charge is 2.38. The van der Waals surface area contributed by atoms with E-state index in [4.69, 9.17) is 0 Å². The smallest absolute Gasteiger partial charge is 0.129 e. The second-order valence-electron chi connectivity index (χ2n) is 5.64. The van der Waals surface area contributed by atoms with Crippen molar-refractivity contribution in [3.63, 3.8) is 0 Å². The van der Waals surface area contributed by atoms with Gasteiger partial charge >= 0.3 is 0 Å². The highest BCUT2D eigenvalue weighted by atomic mass is 19.1. The van der Waals surface area contributed by atoms with Gasteiger partial charge in [-0.15, -0.1) is 0 Å². The second-order valence-corrected chi connectivity index (χ2v) is 5.64. The van der Waals surface area contributed by atoms with E-state index in [1.54, 1.807) is 0 Å². The van der Waals surface area contributed by atoms with Gasteiger partial charge < -0.3 is 5.32 Å². The standard InChI is InChI=1S/C17H17F2N/c18-15-7-4-8-16(19)14(15)10-17(11-20-12-17)9-13-5-2-1-3-6-13/h1-8,20H,9-12H2. The Labute approximate surface area is 117 Å². The Morgan fingerprint density at radius 3 is 2.05 bits per heavy atom. The summed E-state index contributed by atoms with van der Waals surface area (Å²) in [6.45, 7) is 1.60. The fraction of sp³-hybridized carbons (Fsp3) is 0.294. The average Bonchev–Trinajstić information content (AvgIpc) is 2.41. The first kappa shape index (κ1) is 13.3. The van der Waals surface area contributed by atoms with Crippen molar-refractivity contribution in [2.45, 2.75) is 12.8 Å². The van der Waals surface area contributed by atoms with Crippen molar-refractivity contribution in [3.8, 4) is 0 Å². The molecule has 2 aromatic rings. The van der Waals surface area contributed by atoms with Crippen LogP contribution in [0.25, 0.3) is 0 Å². The van der Waals surface area contributed by atoms with Gasteiger partial charge in [-0.3, -0.25) is 0 Å². The molecule has 0 saturated carbocycles. The lowest BCUT2D eigenvalue weighted by molar-refractivity contribution is 0.163. The molecule has 1 fully saturated rings. The number of rotatable bonds is 4. The maximum Gasteiger partial charge on any atom is 0.129 e. The minimum Gasteiger partial charge on any atom is -0.315 e. The summed E-state index contributed by atoms with van der Waals surface area (Å²) in [7, 11) is 0. The van der Waals surface area contributed by atoms with Crippen molar-refractivity contribution in [2.75, 3.05) is 13.1 Å². The van der Waals surface area contributed by atoms with E-state index in [0.717, 1.165) is 19.5 Å². The molecule has 0 aliphatic carbocycles. The summed E-state index contributed by atoms with van der Waals surface area (Å²) >= 11 is 0. The molecule has 1 heterocycles. The molecule has 1 N–H and O–H groups in total. The number of hydrogen-bond acceptors (Lipinski definition) is 1. The molecule has 0 atom stereocenters. The molecule has 1 aliphatic heterocycles. The minimum atomic E-state index is -0.440. The summed E-state index contributed by atoms with van der Waals surface area (Å²) in [5.74, 6) is -0.881. The van der Waals surface area contributed by atoms with Crippen LogP contribution in [-0.4, -0.2) is 13.1 Å². The lowest BCUT2D eigenvalue weighted by Gasteiger charge is -2.43. The zero-order valence-corrected chi connectivity index (χ0v) is 11.2. The summed E-state index contributed by atoms with van der Waals surface area (Å²) < 4.78 is 27.6. The Bertz CT molecular complexity index is 571. The molecule has 0 aromatic heterocycles. The van der Waals surface area contributed by atoms with E-state index in [2.05, 4.69) is 17.4 Å². The molecule has 0 amide bonds. The van der Waals surface area contributed by atoms with Gasteiger partial charge in [-0.25, -0.2) is 8.78 Å². The Hall–Kier alpha value is -1.74. The fourth-order valence-corrected chi connectivity index (χ4v) is 2.90. The second kappa shape index (κ2) is 5.33. The van der Waals surface area contributed by atoms with Crippen molar-refractivity contribution < 1.29 is 8.78 Å². The average molecular weight is 273 g/mol. The van der Waals surface area contributed by atoms with Crippen LogP contribution in [0.15, 0.2) is 48.5 Å². The van der Waals surface area contributed by atoms with Gasteiger partial charge in [0.25, 0.3) is 0 Å². The van der Waals surface area contributed by atoms with E-state index in [9.17, 15) is 8.78 Å². The SMILES string of the molecule is Fc1cccc(F)c1CC1(Cc2ccccc2)CNC1. The molecule has 0 unspecified atom stereocenters. The third-order valence-corrected chi connectivity index (χ3v) is 4.04. The largest absolute Gasteiger partial charge is 0.315 e. The van der Waals surface area contributed by atoms with Gasteiger partial charge in [0, 0.05) is 24.1 Å². The number of nitrogens with one attached hydrogen (secondary N) is 1. The predicted octanol–water partition coefficient (Wildman–Crippen LogP) is 3.34. The molecule has 2 aromatic carbocycles. The quantitative estimate of drug-likeness (QED) is 0.901. The van der Waals surface area contributed by atoms with Crippen LogP contribution >= 0.6 is 0 Å². The van der Waals surface area contributed by atoms with Crippen molar-refractivity contribution in [1.82, 2.24) is 5.32 Å². The molecule has 0 bridgehead atoms. The normalized spacial score (nSPS) is 16.7. The van der Waals surface area contributed by atoms with E-state index in [1.165, 1.54) is 23.8 Å². The molecule has 104 valence electrons. The molecule has 0 radical (unpaired) electrons. The zero-order valence-electron chi connectivity index (χ0n) is 11.2. The van der Waals surface area contributed by atoms with Gasteiger partial charge in [0.05, 0.1) is 0 Å². The molecular formula is C17H17F2N. The monoisotopic (exact) mass is 273 g/mol. The first-order valence-electron chi connectivity index (χ1n) is 6.86. The summed E-state index contributed by atoms with van der Waals surface area (Å²) in [6.07, 6.45) is 1.28. The van der Waals surface area contributed by atoms with Crippen LogP contribution in [0.1, 0.15) is 11.1 Å². The van der Waals surface area contributed by atoms with Crippen molar-refractivity contribution >= 4 is 0 Å². The molecule has 3 heteroatoms. The summed E-state index contributed by atoms with van der Waals surface area (Å²) in [5.41, 5.74) is 1.35. The van der Waals surface area contributed by atoms with Gasteiger partial charge in [-0.2, -0.15) is 0 Å². The Morgan fingerprint density at radius 1 is 0.850 bits per heavy atom. The first-order chi connectivity index (χ1) is 9.69. The summed E-state index contributed by atoms with van der Waals surface area (Å²) in [6, 6.07) is 14.2. The Balaban J connectivity index is 1.83. The summed E-state index contributed by atoms with van der Waals surface area (Å²) in [4.78, 5) is 0. The van der Waals surface area contributed by atoms with Crippen molar-refractivity contribution in [1.29, 1.82) is 0 Å². The van der Waals surface area contributed by atoms with Crippen LogP contribution in [0.4, 0.5) is 8.78 Å². The van der Waals surface area contributed by atoms with Gasteiger partial charge in [-0.1, -0.05) is 36.4 Å². The topological polar surface area (TPSA) is 12.0 Å². The third-order valence-electron chi connectivity index (χ3n) is 4.04. The number of benzene rings is 2. The van der Waals surface area contributed by atoms with Gasteiger partial charge in [0.1, 0.15) is 11.6 Å². The van der Waals surface area contributed by atoms with Crippen LogP contribution in [0.3, 0.4) is 0 Å². The van der Waals surface area contributed by atoms with E-state index < -0.39 is 11.6 Å². The molecule has 1 nitrogen and oxygen atoms in total. The molecule has 3 rings (SSSR count). The molecule has 0 spiro atoms. The number of hydrogen-bond donors (Lipinski definition) is 1. The van der Waals surface area contributed by atoms with Crippen molar-refractivity contribution in [3.05, 3.63) is 71.3 Å². The first-order valence-corrected chi connectivity index (χ1v) is 6.86. The van der Waals surface area contributed by atoms with Crippen LogP contribution in [0.5, 0.6) is 0 Å². The molecule has 1 aliphatic rings. The highest BCUT2D eigenvalue weighted by molar-refractivity contribution is 5.25. The molecule has 20 heavy (non-hydrogen) atoms. The maximum atomic E-state index is 13.8. The van der Waals surface area contributed by atoms with E-state index in [0.29, 0.717) is 6.42 Å². The highest BCUT2D eigenvalue weighted by Crippen LogP contribution is 2.33. The maximum absolute atomic E-state index is 13.8.